The number of benzene rings is 1. The maximum absolute atomic E-state index is 10.5. The van der Waals surface area contributed by atoms with E-state index in [0.29, 0.717) is 12.1 Å². The predicted octanol–water partition coefficient (Wildman–Crippen LogP) is -0.163. The second-order valence-electron chi connectivity index (χ2n) is 3.70. The average Bonchev–Trinajstić information content (AvgIpc) is 2.30. The van der Waals surface area contributed by atoms with Crippen LogP contribution in [0.25, 0.3) is 0 Å². The second-order valence-corrected chi connectivity index (χ2v) is 3.70. The molecule has 0 saturated carbocycles. The van der Waals surface area contributed by atoms with Gasteiger partial charge in [-0.3, -0.25) is 10.1 Å². The molecule has 0 radical (unpaired) electrons. The fourth-order valence-electron chi connectivity index (χ4n) is 1.73. The molecule has 0 bridgehead atoms. The quantitative estimate of drug-likeness (QED) is 0.588. The summed E-state index contributed by atoms with van der Waals surface area (Å²) in [5, 5.41) is 16.4. The first-order chi connectivity index (χ1) is 7.24. The van der Waals surface area contributed by atoms with Crippen LogP contribution < -0.4 is 10.6 Å². The summed E-state index contributed by atoms with van der Waals surface area (Å²) in [5.41, 5.74) is 0.381. The number of nitrogens with one attached hydrogen (secondary N) is 2. The molecule has 0 unspecified atom stereocenters. The molecule has 1 saturated heterocycles. The van der Waals surface area contributed by atoms with Gasteiger partial charge in [0.15, 0.2) is 5.72 Å². The molecule has 2 rings (SSSR count). The lowest BCUT2D eigenvalue weighted by molar-refractivity contribution is -0.0113. The molecule has 4 heteroatoms. The van der Waals surface area contributed by atoms with E-state index in [-0.39, 0.29) is 0 Å². The Balaban J connectivity index is 2.23. The molecule has 0 aromatic heterocycles. The first kappa shape index (κ1) is 10.3. The molecule has 1 fully saturated rings. The molecule has 1 aromatic carbocycles. The number of piperazine rings is 1. The van der Waals surface area contributed by atoms with Crippen LogP contribution in [0.15, 0.2) is 24.3 Å². The van der Waals surface area contributed by atoms with Crippen LogP contribution in [0.2, 0.25) is 0 Å². The summed E-state index contributed by atoms with van der Waals surface area (Å²) < 4.78 is 0. The van der Waals surface area contributed by atoms with Crippen molar-refractivity contribution in [1.82, 2.24) is 10.6 Å². The summed E-state index contributed by atoms with van der Waals surface area (Å²) in [5.74, 6) is 0. The summed E-state index contributed by atoms with van der Waals surface area (Å²) in [6.45, 7) is 2.06. The average molecular weight is 206 g/mol. The van der Waals surface area contributed by atoms with Gasteiger partial charge in [0.05, 0.1) is 0 Å². The second kappa shape index (κ2) is 4.10. The third-order valence-corrected chi connectivity index (χ3v) is 2.62. The molecule has 0 aliphatic carbocycles. The van der Waals surface area contributed by atoms with Crippen LogP contribution in [0.4, 0.5) is 0 Å². The van der Waals surface area contributed by atoms with Crippen molar-refractivity contribution in [3.63, 3.8) is 0 Å². The van der Waals surface area contributed by atoms with Crippen molar-refractivity contribution in [2.24, 2.45) is 0 Å². The SMILES string of the molecule is O=Cc1ccc([C@]2(O)CNCCN2)cc1. The Bertz CT molecular complexity index is 342. The van der Waals surface area contributed by atoms with Gasteiger partial charge >= 0.3 is 0 Å². The Morgan fingerprint density at radius 3 is 2.53 bits per heavy atom. The van der Waals surface area contributed by atoms with Crippen molar-refractivity contribution < 1.29 is 9.90 Å². The van der Waals surface area contributed by atoms with Gasteiger partial charge in [0.1, 0.15) is 6.29 Å². The van der Waals surface area contributed by atoms with Crippen molar-refractivity contribution in [2.75, 3.05) is 19.6 Å². The lowest BCUT2D eigenvalue weighted by Crippen LogP contribution is -2.56. The third-order valence-electron chi connectivity index (χ3n) is 2.62. The predicted molar refractivity (Wildman–Crippen MR) is 56.6 cm³/mol. The standard InChI is InChI=1S/C11H14N2O2/c14-7-9-1-3-10(4-2-9)11(15)8-12-5-6-13-11/h1-4,7,12-13,15H,5-6,8H2/t11-/m1/s1. The highest BCUT2D eigenvalue weighted by atomic mass is 16.3. The zero-order valence-electron chi connectivity index (χ0n) is 8.36. The highest BCUT2D eigenvalue weighted by Gasteiger charge is 2.30. The molecule has 1 heterocycles. The molecule has 1 aliphatic heterocycles. The van der Waals surface area contributed by atoms with Crippen LogP contribution in [0.3, 0.4) is 0 Å². The van der Waals surface area contributed by atoms with Gasteiger partial charge < -0.3 is 10.4 Å². The number of β-amino-alcohol motifs (C(OH)–C–C–N with tert-alkyl or cyclic N) is 1. The third kappa shape index (κ3) is 2.07. The topological polar surface area (TPSA) is 61.4 Å². The van der Waals surface area contributed by atoms with Crippen molar-refractivity contribution in [2.45, 2.75) is 5.72 Å². The monoisotopic (exact) mass is 206 g/mol. The van der Waals surface area contributed by atoms with Crippen molar-refractivity contribution in [3.8, 4) is 0 Å². The minimum Gasteiger partial charge on any atom is -0.370 e. The molecule has 15 heavy (non-hydrogen) atoms. The number of carbonyl (C=O) groups excluding carboxylic acids is 1. The highest BCUT2D eigenvalue weighted by Crippen LogP contribution is 2.18. The van der Waals surface area contributed by atoms with E-state index in [1.165, 1.54) is 0 Å². The number of rotatable bonds is 2. The molecule has 4 nitrogen and oxygen atoms in total. The summed E-state index contributed by atoms with van der Waals surface area (Å²) in [6, 6.07) is 6.95. The van der Waals surface area contributed by atoms with Crippen LogP contribution in [-0.2, 0) is 5.72 Å². The summed E-state index contributed by atoms with van der Waals surface area (Å²) in [6.07, 6.45) is 0.792. The smallest absolute Gasteiger partial charge is 0.154 e. The number of aldehydes is 1. The van der Waals surface area contributed by atoms with Gasteiger partial charge in [-0.1, -0.05) is 24.3 Å². The Hall–Kier alpha value is -1.23. The Kier molecular flexibility index (Phi) is 2.81. The maximum Gasteiger partial charge on any atom is 0.154 e. The molecule has 3 N–H and O–H groups in total. The largest absolute Gasteiger partial charge is 0.370 e. The maximum atomic E-state index is 10.5. The molecular formula is C11H14N2O2. The van der Waals surface area contributed by atoms with Gasteiger partial charge in [-0.05, 0) is 5.56 Å². The molecule has 1 aliphatic rings. The molecule has 1 aromatic rings. The van der Waals surface area contributed by atoms with Crippen molar-refractivity contribution in [1.29, 1.82) is 0 Å². The van der Waals surface area contributed by atoms with Gasteiger partial charge in [0.2, 0.25) is 0 Å². The van der Waals surface area contributed by atoms with Gasteiger partial charge in [0, 0.05) is 25.2 Å². The van der Waals surface area contributed by atoms with Gasteiger partial charge in [0.25, 0.3) is 0 Å². The zero-order chi connectivity index (χ0) is 10.7. The van der Waals surface area contributed by atoms with E-state index in [2.05, 4.69) is 10.6 Å². The van der Waals surface area contributed by atoms with Crippen LogP contribution in [0, 0.1) is 0 Å². The zero-order valence-corrected chi connectivity index (χ0v) is 8.36. The van der Waals surface area contributed by atoms with Crippen LogP contribution in [0.5, 0.6) is 0 Å². The fourth-order valence-corrected chi connectivity index (χ4v) is 1.73. The van der Waals surface area contributed by atoms with E-state index in [0.717, 1.165) is 24.9 Å². The van der Waals surface area contributed by atoms with Gasteiger partial charge in [-0.15, -0.1) is 0 Å². The number of hydrogen-bond acceptors (Lipinski definition) is 4. The van der Waals surface area contributed by atoms with Gasteiger partial charge in [-0.25, -0.2) is 0 Å². The van der Waals surface area contributed by atoms with E-state index in [1.54, 1.807) is 24.3 Å². The first-order valence-electron chi connectivity index (χ1n) is 4.98. The lowest BCUT2D eigenvalue weighted by Gasteiger charge is -2.34. The van der Waals surface area contributed by atoms with E-state index in [1.807, 2.05) is 0 Å². The molecule has 0 amide bonds. The van der Waals surface area contributed by atoms with Crippen molar-refractivity contribution >= 4 is 6.29 Å². The normalized spacial score (nSPS) is 26.2. The summed E-state index contributed by atoms with van der Waals surface area (Å²) in [7, 11) is 0. The van der Waals surface area contributed by atoms with Crippen LogP contribution >= 0.6 is 0 Å². The Morgan fingerprint density at radius 1 is 1.27 bits per heavy atom. The molecule has 0 spiro atoms. The fraction of sp³-hybridized carbons (Fsp3) is 0.364. The van der Waals surface area contributed by atoms with E-state index < -0.39 is 5.72 Å². The van der Waals surface area contributed by atoms with Crippen LogP contribution in [0.1, 0.15) is 15.9 Å². The number of hydrogen-bond donors (Lipinski definition) is 3. The summed E-state index contributed by atoms with van der Waals surface area (Å²) >= 11 is 0. The number of aliphatic hydroxyl groups is 1. The Labute approximate surface area is 88.3 Å². The minimum atomic E-state index is -1.01. The Morgan fingerprint density at radius 2 is 2.00 bits per heavy atom. The first-order valence-corrected chi connectivity index (χ1v) is 4.98. The van der Waals surface area contributed by atoms with E-state index >= 15 is 0 Å². The molecule has 1 atom stereocenters. The van der Waals surface area contributed by atoms with Crippen molar-refractivity contribution in [3.05, 3.63) is 35.4 Å². The van der Waals surface area contributed by atoms with Gasteiger partial charge in [-0.2, -0.15) is 0 Å². The molecule has 80 valence electrons. The number of carbonyl (C=O) groups is 1. The lowest BCUT2D eigenvalue weighted by atomic mass is 10.00. The minimum absolute atomic E-state index is 0.480. The van der Waals surface area contributed by atoms with E-state index in [9.17, 15) is 9.90 Å². The summed E-state index contributed by atoms with van der Waals surface area (Å²) in [4.78, 5) is 10.5. The molecular weight excluding hydrogens is 192 g/mol. The highest BCUT2D eigenvalue weighted by molar-refractivity contribution is 5.74. The van der Waals surface area contributed by atoms with Crippen LogP contribution in [-0.4, -0.2) is 31.0 Å². The van der Waals surface area contributed by atoms with E-state index in [4.69, 9.17) is 0 Å².